The topological polar surface area (TPSA) is 37.4 Å². The predicted molar refractivity (Wildman–Crippen MR) is 120 cm³/mol. The Bertz CT molecular complexity index is 1370. The van der Waals surface area contributed by atoms with Crippen LogP contribution in [0.4, 0.5) is 18.9 Å². The molecule has 8 heteroatoms. The van der Waals surface area contributed by atoms with Crippen molar-refractivity contribution in [1.29, 1.82) is 0 Å². The Labute approximate surface area is 188 Å². The average molecular weight is 476 g/mol. The Kier molecular flexibility index (Phi) is 5.88. The number of rotatable bonds is 5. The van der Waals surface area contributed by atoms with Gasteiger partial charge in [-0.15, -0.1) is 0 Å². The number of hydrogen-bond donors (Lipinski definition) is 0. The van der Waals surface area contributed by atoms with Gasteiger partial charge < -0.3 is 0 Å². The number of nitrogens with zero attached hydrogens (tertiary/aromatic N) is 1. The summed E-state index contributed by atoms with van der Waals surface area (Å²) in [6.07, 6.45) is -4.65. The van der Waals surface area contributed by atoms with Gasteiger partial charge in [0, 0.05) is 0 Å². The normalized spacial score (nSPS) is 12.1. The molecule has 0 aromatic heterocycles. The smallest absolute Gasteiger partial charge is 0.262 e. The first kappa shape index (κ1) is 22.2. The zero-order chi connectivity index (χ0) is 22.9. The molecule has 0 atom stereocenters. The van der Waals surface area contributed by atoms with Gasteiger partial charge in [-0.1, -0.05) is 66.2 Å². The van der Waals surface area contributed by atoms with Crippen LogP contribution < -0.4 is 4.31 Å². The molecule has 164 valence electrons. The molecule has 4 aromatic carbocycles. The summed E-state index contributed by atoms with van der Waals surface area (Å²) in [4.78, 5) is 0.0464. The maximum Gasteiger partial charge on any atom is 0.417 e. The summed E-state index contributed by atoms with van der Waals surface area (Å²) < 4.78 is 68.3. The summed E-state index contributed by atoms with van der Waals surface area (Å²) in [6.45, 7) is -0.292. The highest BCUT2D eigenvalue weighted by Crippen LogP contribution is 2.36. The first-order valence-corrected chi connectivity index (χ1v) is 11.4. The largest absolute Gasteiger partial charge is 0.417 e. The SMILES string of the molecule is O=S(=O)(c1ccc2ccccc2c1)N(Cc1ccc(Cl)c(C(F)(F)F)c1)c1ccccc1. The average Bonchev–Trinajstić information content (AvgIpc) is 2.77. The second-order valence-corrected chi connectivity index (χ2v) is 9.44. The second kappa shape index (κ2) is 8.48. The van der Waals surface area contributed by atoms with E-state index in [0.29, 0.717) is 5.69 Å². The van der Waals surface area contributed by atoms with E-state index >= 15 is 0 Å². The van der Waals surface area contributed by atoms with Gasteiger partial charge >= 0.3 is 6.18 Å². The lowest BCUT2D eigenvalue weighted by Crippen LogP contribution is -2.30. The fourth-order valence-corrected chi connectivity index (χ4v) is 5.13. The van der Waals surface area contributed by atoms with Gasteiger partial charge in [-0.05, 0) is 52.7 Å². The van der Waals surface area contributed by atoms with Gasteiger partial charge in [0.05, 0.1) is 27.7 Å². The quantitative estimate of drug-likeness (QED) is 0.314. The zero-order valence-corrected chi connectivity index (χ0v) is 18.1. The van der Waals surface area contributed by atoms with Crippen LogP contribution in [0.3, 0.4) is 0 Å². The minimum absolute atomic E-state index is 0.0464. The summed E-state index contributed by atoms with van der Waals surface area (Å²) in [5.74, 6) is 0. The Hall–Kier alpha value is -3.03. The standard InChI is InChI=1S/C24H17ClF3NO2S/c25-23-13-10-17(14-22(23)24(26,27)28)16-29(20-8-2-1-3-9-20)32(30,31)21-12-11-18-6-4-5-7-19(18)15-21/h1-15H,16H2. The molecule has 32 heavy (non-hydrogen) atoms. The third-order valence-electron chi connectivity index (χ3n) is 5.02. The van der Waals surface area contributed by atoms with Crippen molar-refractivity contribution in [3.63, 3.8) is 0 Å². The van der Waals surface area contributed by atoms with E-state index in [9.17, 15) is 21.6 Å². The number of hydrogen-bond acceptors (Lipinski definition) is 2. The Morgan fingerprint density at radius 3 is 2.12 bits per heavy atom. The van der Waals surface area contributed by atoms with Crippen molar-refractivity contribution >= 4 is 38.1 Å². The molecule has 4 rings (SSSR count). The van der Waals surface area contributed by atoms with Crippen LogP contribution >= 0.6 is 11.6 Å². The molecule has 0 saturated carbocycles. The van der Waals surface area contributed by atoms with Crippen molar-refractivity contribution in [3.05, 3.63) is 107 Å². The second-order valence-electron chi connectivity index (χ2n) is 7.17. The van der Waals surface area contributed by atoms with Gasteiger partial charge in [-0.25, -0.2) is 8.42 Å². The van der Waals surface area contributed by atoms with E-state index in [2.05, 4.69) is 0 Å². The Morgan fingerprint density at radius 1 is 0.781 bits per heavy atom. The predicted octanol–water partition coefficient (Wildman–Crippen LogP) is 6.91. The molecule has 4 aromatic rings. The molecular formula is C24H17ClF3NO2S. The molecule has 0 aliphatic rings. The van der Waals surface area contributed by atoms with E-state index in [4.69, 9.17) is 11.6 Å². The summed E-state index contributed by atoms with van der Waals surface area (Å²) >= 11 is 5.72. The van der Waals surface area contributed by atoms with Gasteiger partial charge in [0.15, 0.2) is 0 Å². The van der Waals surface area contributed by atoms with Gasteiger partial charge in [0.25, 0.3) is 10.0 Å². The molecule has 0 fully saturated rings. The van der Waals surface area contributed by atoms with Crippen molar-refractivity contribution in [2.45, 2.75) is 17.6 Å². The van der Waals surface area contributed by atoms with Gasteiger partial charge in [-0.2, -0.15) is 13.2 Å². The van der Waals surface area contributed by atoms with Crippen molar-refractivity contribution < 1.29 is 21.6 Å². The van der Waals surface area contributed by atoms with E-state index < -0.39 is 26.8 Å². The number of anilines is 1. The maximum absolute atomic E-state index is 13.6. The highest BCUT2D eigenvalue weighted by molar-refractivity contribution is 7.92. The molecule has 0 N–H and O–H groups in total. The minimum Gasteiger partial charge on any atom is -0.262 e. The summed E-state index contributed by atoms with van der Waals surface area (Å²) in [5.41, 5.74) is -0.508. The number of benzene rings is 4. The fraction of sp³-hybridized carbons (Fsp3) is 0.0833. The molecule has 0 bridgehead atoms. The molecule has 0 amide bonds. The Balaban J connectivity index is 1.81. The van der Waals surface area contributed by atoms with E-state index in [-0.39, 0.29) is 17.0 Å². The lowest BCUT2D eigenvalue weighted by molar-refractivity contribution is -0.137. The summed E-state index contributed by atoms with van der Waals surface area (Å²) in [7, 11) is -4.08. The molecule has 0 heterocycles. The number of para-hydroxylation sites is 1. The molecule has 0 saturated heterocycles. The fourth-order valence-electron chi connectivity index (χ4n) is 3.42. The van der Waals surface area contributed by atoms with Crippen LogP contribution in [-0.4, -0.2) is 8.42 Å². The maximum atomic E-state index is 13.6. The summed E-state index contributed by atoms with van der Waals surface area (Å²) in [5, 5.41) is 1.18. The highest BCUT2D eigenvalue weighted by atomic mass is 35.5. The lowest BCUT2D eigenvalue weighted by atomic mass is 10.1. The van der Waals surface area contributed by atoms with Gasteiger partial charge in [0.2, 0.25) is 0 Å². The first-order valence-electron chi connectivity index (χ1n) is 9.58. The van der Waals surface area contributed by atoms with E-state index in [1.54, 1.807) is 54.6 Å². The third-order valence-corrected chi connectivity index (χ3v) is 7.11. The lowest BCUT2D eigenvalue weighted by Gasteiger charge is -2.25. The van der Waals surface area contributed by atoms with Crippen LogP contribution in [-0.2, 0) is 22.7 Å². The Morgan fingerprint density at radius 2 is 1.44 bits per heavy atom. The number of sulfonamides is 1. The minimum atomic E-state index is -4.65. The van der Waals surface area contributed by atoms with Gasteiger partial charge in [-0.3, -0.25) is 4.31 Å². The zero-order valence-electron chi connectivity index (χ0n) is 16.6. The highest BCUT2D eigenvalue weighted by Gasteiger charge is 2.34. The molecule has 0 spiro atoms. The molecule has 0 aliphatic carbocycles. The first-order chi connectivity index (χ1) is 15.2. The summed E-state index contributed by atoms with van der Waals surface area (Å²) in [6, 6.07) is 23.8. The molecule has 0 unspecified atom stereocenters. The number of alkyl halides is 3. The van der Waals surface area contributed by atoms with Crippen LogP contribution in [0.1, 0.15) is 11.1 Å². The van der Waals surface area contributed by atoms with Crippen molar-refractivity contribution in [2.75, 3.05) is 4.31 Å². The molecule has 0 radical (unpaired) electrons. The molecular weight excluding hydrogens is 459 g/mol. The van der Waals surface area contributed by atoms with E-state index in [1.807, 2.05) is 12.1 Å². The number of fused-ring (bicyclic) bond motifs is 1. The van der Waals surface area contributed by atoms with Crippen molar-refractivity contribution in [3.8, 4) is 0 Å². The van der Waals surface area contributed by atoms with Crippen LogP contribution in [0.25, 0.3) is 10.8 Å². The van der Waals surface area contributed by atoms with Gasteiger partial charge in [0.1, 0.15) is 0 Å². The number of halogens is 4. The van der Waals surface area contributed by atoms with Crippen LogP contribution in [0.2, 0.25) is 5.02 Å². The monoisotopic (exact) mass is 475 g/mol. The van der Waals surface area contributed by atoms with Crippen LogP contribution in [0.15, 0.2) is 95.9 Å². The molecule has 3 nitrogen and oxygen atoms in total. The van der Waals surface area contributed by atoms with Crippen molar-refractivity contribution in [2.24, 2.45) is 0 Å². The van der Waals surface area contributed by atoms with E-state index in [0.717, 1.165) is 27.2 Å². The van der Waals surface area contributed by atoms with Crippen LogP contribution in [0, 0.1) is 0 Å². The van der Waals surface area contributed by atoms with E-state index in [1.165, 1.54) is 12.1 Å². The molecule has 0 aliphatic heterocycles. The van der Waals surface area contributed by atoms with Crippen LogP contribution in [0.5, 0.6) is 0 Å². The third kappa shape index (κ3) is 4.45. The van der Waals surface area contributed by atoms with Crippen molar-refractivity contribution in [1.82, 2.24) is 0 Å².